The SMILES string of the molecule is COc1ccc(OC)c(NC(=O)[C@H]2CCCN(c3ncnc4onc(C)c34)C2)c1. The number of carbonyl (C=O) groups excluding carboxylic acids is 1. The van der Waals surface area contributed by atoms with Crippen LogP contribution in [0.15, 0.2) is 29.0 Å². The molecule has 3 heterocycles. The Morgan fingerprint density at radius 3 is 2.93 bits per heavy atom. The first kappa shape index (κ1) is 19.0. The number of hydrogen-bond acceptors (Lipinski definition) is 8. The maximum atomic E-state index is 13.0. The van der Waals surface area contributed by atoms with Crippen LogP contribution in [0.25, 0.3) is 11.1 Å². The molecule has 0 saturated carbocycles. The van der Waals surface area contributed by atoms with Crippen molar-refractivity contribution in [1.29, 1.82) is 0 Å². The van der Waals surface area contributed by atoms with Crippen LogP contribution < -0.4 is 19.7 Å². The minimum atomic E-state index is -0.190. The zero-order chi connectivity index (χ0) is 20.4. The topological polar surface area (TPSA) is 103 Å². The zero-order valence-corrected chi connectivity index (χ0v) is 16.6. The summed E-state index contributed by atoms with van der Waals surface area (Å²) in [6.45, 7) is 3.22. The van der Waals surface area contributed by atoms with E-state index in [0.717, 1.165) is 36.3 Å². The van der Waals surface area contributed by atoms with Crippen LogP contribution in [-0.2, 0) is 4.79 Å². The van der Waals surface area contributed by atoms with Gasteiger partial charge in [0.25, 0.3) is 5.71 Å². The summed E-state index contributed by atoms with van der Waals surface area (Å²) in [4.78, 5) is 23.7. The molecular weight excluding hydrogens is 374 g/mol. The van der Waals surface area contributed by atoms with Crippen LogP contribution in [0.2, 0.25) is 0 Å². The number of aryl methyl sites for hydroxylation is 1. The van der Waals surface area contributed by atoms with Crippen molar-refractivity contribution in [1.82, 2.24) is 15.1 Å². The lowest BCUT2D eigenvalue weighted by atomic mass is 9.96. The highest BCUT2D eigenvalue weighted by atomic mass is 16.5. The molecule has 2 aromatic heterocycles. The van der Waals surface area contributed by atoms with Gasteiger partial charge in [0.05, 0.1) is 31.5 Å². The average molecular weight is 397 g/mol. The third-order valence-corrected chi connectivity index (χ3v) is 5.18. The van der Waals surface area contributed by atoms with Crippen molar-refractivity contribution in [2.45, 2.75) is 19.8 Å². The molecule has 3 aromatic rings. The fraction of sp³-hybridized carbons (Fsp3) is 0.400. The van der Waals surface area contributed by atoms with E-state index in [4.69, 9.17) is 14.0 Å². The molecule has 1 saturated heterocycles. The molecule has 4 rings (SSSR count). The van der Waals surface area contributed by atoms with Crippen molar-refractivity contribution in [2.24, 2.45) is 5.92 Å². The van der Waals surface area contributed by atoms with E-state index in [1.807, 2.05) is 6.92 Å². The van der Waals surface area contributed by atoms with E-state index in [2.05, 4.69) is 25.3 Å². The van der Waals surface area contributed by atoms with Gasteiger partial charge in [0.1, 0.15) is 29.0 Å². The smallest absolute Gasteiger partial charge is 0.263 e. The first-order valence-electron chi connectivity index (χ1n) is 9.45. The number of piperidine rings is 1. The highest BCUT2D eigenvalue weighted by Gasteiger charge is 2.29. The number of fused-ring (bicyclic) bond motifs is 1. The summed E-state index contributed by atoms with van der Waals surface area (Å²) in [5, 5.41) is 7.77. The summed E-state index contributed by atoms with van der Waals surface area (Å²) >= 11 is 0. The number of aromatic nitrogens is 3. The Kier molecular flexibility index (Phi) is 5.20. The standard InChI is InChI=1S/C20H23N5O4/c1-12-17-18(21-11-22-20(17)29-24-12)25-8-4-5-13(10-25)19(26)23-15-9-14(27-2)6-7-16(15)28-3/h6-7,9,11,13H,4-5,8,10H2,1-3H3,(H,23,26)/t13-/m0/s1. The summed E-state index contributed by atoms with van der Waals surface area (Å²) < 4.78 is 15.9. The van der Waals surface area contributed by atoms with Crippen LogP contribution in [0.5, 0.6) is 11.5 Å². The molecule has 0 bridgehead atoms. The Labute approximate surface area is 168 Å². The molecule has 0 spiro atoms. The number of rotatable bonds is 5. The lowest BCUT2D eigenvalue weighted by Gasteiger charge is -2.33. The van der Waals surface area contributed by atoms with E-state index < -0.39 is 0 Å². The number of nitrogens with zero attached hydrogens (tertiary/aromatic N) is 4. The molecule has 1 aliphatic rings. The largest absolute Gasteiger partial charge is 0.497 e. The Bertz CT molecular complexity index is 1030. The van der Waals surface area contributed by atoms with Crippen LogP contribution in [0, 0.1) is 12.8 Å². The molecule has 1 atom stereocenters. The van der Waals surface area contributed by atoms with Gasteiger partial charge in [-0.1, -0.05) is 5.16 Å². The highest BCUT2D eigenvalue weighted by molar-refractivity contribution is 5.95. The molecule has 1 aromatic carbocycles. The van der Waals surface area contributed by atoms with E-state index in [-0.39, 0.29) is 11.8 Å². The minimum Gasteiger partial charge on any atom is -0.497 e. The summed E-state index contributed by atoms with van der Waals surface area (Å²) in [7, 11) is 3.16. The summed E-state index contributed by atoms with van der Waals surface area (Å²) in [6, 6.07) is 5.32. The predicted octanol–water partition coefficient (Wildman–Crippen LogP) is 2.80. The van der Waals surface area contributed by atoms with Gasteiger partial charge in [-0.3, -0.25) is 4.79 Å². The van der Waals surface area contributed by atoms with Gasteiger partial charge in [0.15, 0.2) is 0 Å². The second-order valence-corrected chi connectivity index (χ2v) is 6.99. The predicted molar refractivity (Wildman–Crippen MR) is 107 cm³/mol. The lowest BCUT2D eigenvalue weighted by Crippen LogP contribution is -2.41. The summed E-state index contributed by atoms with van der Waals surface area (Å²) in [6.07, 6.45) is 3.14. The fourth-order valence-electron chi connectivity index (χ4n) is 3.67. The Balaban J connectivity index is 1.54. The number of hydrogen-bond donors (Lipinski definition) is 1. The van der Waals surface area contributed by atoms with Gasteiger partial charge in [-0.05, 0) is 31.9 Å². The third kappa shape index (κ3) is 3.67. The van der Waals surface area contributed by atoms with Crippen LogP contribution in [0.4, 0.5) is 11.5 Å². The maximum Gasteiger partial charge on any atom is 0.263 e. The molecular formula is C20H23N5O4. The molecule has 9 heteroatoms. The van der Waals surface area contributed by atoms with Crippen molar-refractivity contribution in [3.63, 3.8) is 0 Å². The zero-order valence-electron chi connectivity index (χ0n) is 16.6. The third-order valence-electron chi connectivity index (χ3n) is 5.18. The Morgan fingerprint density at radius 1 is 1.28 bits per heavy atom. The molecule has 0 aliphatic carbocycles. The van der Waals surface area contributed by atoms with Crippen molar-refractivity contribution in [2.75, 3.05) is 37.5 Å². The molecule has 152 valence electrons. The molecule has 1 N–H and O–H groups in total. The summed E-state index contributed by atoms with van der Waals surface area (Å²) in [5.74, 6) is 1.74. The van der Waals surface area contributed by atoms with Crippen LogP contribution >= 0.6 is 0 Å². The van der Waals surface area contributed by atoms with Crippen molar-refractivity contribution in [3.8, 4) is 11.5 Å². The monoisotopic (exact) mass is 397 g/mol. The van der Waals surface area contributed by atoms with E-state index in [1.54, 1.807) is 32.4 Å². The van der Waals surface area contributed by atoms with Gasteiger partial charge in [0, 0.05) is 19.2 Å². The number of ether oxygens (including phenoxy) is 2. The van der Waals surface area contributed by atoms with E-state index in [1.165, 1.54) is 6.33 Å². The molecule has 1 aliphatic heterocycles. The number of nitrogens with one attached hydrogen (secondary N) is 1. The number of amides is 1. The second kappa shape index (κ2) is 7.94. The number of anilines is 2. The highest BCUT2D eigenvalue weighted by Crippen LogP contribution is 2.32. The van der Waals surface area contributed by atoms with Crippen molar-refractivity contribution in [3.05, 3.63) is 30.2 Å². The fourth-order valence-corrected chi connectivity index (χ4v) is 3.67. The van der Waals surface area contributed by atoms with Gasteiger partial charge in [0.2, 0.25) is 5.91 Å². The quantitative estimate of drug-likeness (QED) is 0.701. The van der Waals surface area contributed by atoms with Gasteiger partial charge in [-0.15, -0.1) is 0 Å². The lowest BCUT2D eigenvalue weighted by molar-refractivity contribution is -0.120. The normalized spacial score (nSPS) is 16.7. The van der Waals surface area contributed by atoms with Crippen LogP contribution in [0.3, 0.4) is 0 Å². The second-order valence-electron chi connectivity index (χ2n) is 6.99. The van der Waals surface area contributed by atoms with Crippen molar-refractivity contribution < 1.29 is 18.8 Å². The van der Waals surface area contributed by atoms with Gasteiger partial charge < -0.3 is 24.2 Å². The van der Waals surface area contributed by atoms with Gasteiger partial charge >= 0.3 is 0 Å². The van der Waals surface area contributed by atoms with E-state index in [0.29, 0.717) is 29.4 Å². The molecule has 1 amide bonds. The maximum absolute atomic E-state index is 13.0. The van der Waals surface area contributed by atoms with E-state index in [9.17, 15) is 4.79 Å². The van der Waals surface area contributed by atoms with Gasteiger partial charge in [-0.2, -0.15) is 4.98 Å². The Morgan fingerprint density at radius 2 is 2.14 bits per heavy atom. The van der Waals surface area contributed by atoms with E-state index >= 15 is 0 Å². The molecule has 29 heavy (non-hydrogen) atoms. The summed E-state index contributed by atoms with van der Waals surface area (Å²) in [5.41, 5.74) is 1.79. The first-order valence-corrected chi connectivity index (χ1v) is 9.45. The first-order chi connectivity index (χ1) is 14.1. The number of carbonyl (C=O) groups is 1. The van der Waals surface area contributed by atoms with Crippen LogP contribution in [0.1, 0.15) is 18.5 Å². The van der Waals surface area contributed by atoms with Crippen molar-refractivity contribution >= 4 is 28.5 Å². The number of methoxy groups -OCH3 is 2. The number of benzene rings is 1. The molecule has 0 radical (unpaired) electrons. The van der Waals surface area contributed by atoms with Gasteiger partial charge in [-0.25, -0.2) is 4.98 Å². The minimum absolute atomic E-state index is 0.0615. The molecule has 9 nitrogen and oxygen atoms in total. The average Bonchev–Trinajstić information content (AvgIpc) is 3.15. The van der Waals surface area contributed by atoms with Crippen LogP contribution in [-0.4, -0.2) is 48.3 Å². The Hall–Kier alpha value is -3.36. The molecule has 1 fully saturated rings. The molecule has 0 unspecified atom stereocenters.